The predicted octanol–water partition coefficient (Wildman–Crippen LogP) is 4.63. The van der Waals surface area contributed by atoms with Gasteiger partial charge >= 0.3 is 0 Å². The van der Waals surface area contributed by atoms with Gasteiger partial charge in [0.25, 0.3) is 0 Å². The van der Waals surface area contributed by atoms with Gasteiger partial charge in [0.2, 0.25) is 5.91 Å². The number of piperazine rings is 1. The smallest absolute Gasteiger partial charge is 0.242 e. The molecule has 2 aliphatic rings. The number of pyridine rings is 1. The normalized spacial score (nSPS) is 15.2. The van der Waals surface area contributed by atoms with E-state index in [1.807, 2.05) is 15.5 Å². The minimum atomic E-state index is 0.0284. The summed E-state index contributed by atoms with van der Waals surface area (Å²) in [6, 6.07) is 6.57. The summed E-state index contributed by atoms with van der Waals surface area (Å²) in [6.07, 6.45) is 10.7. The fourth-order valence-electron chi connectivity index (χ4n) is 5.55. The highest BCUT2D eigenvalue weighted by molar-refractivity contribution is 6.38. The molecule has 1 amide bonds. The van der Waals surface area contributed by atoms with E-state index in [0.717, 1.165) is 54.3 Å². The molecule has 9 nitrogen and oxygen atoms in total. The number of imidazole rings is 1. The number of hydrogen-bond acceptors (Lipinski definition) is 7. The second-order valence-electron chi connectivity index (χ2n) is 9.87. The molecule has 39 heavy (non-hydrogen) atoms. The van der Waals surface area contributed by atoms with Crippen LogP contribution in [0.25, 0.3) is 16.9 Å². The molecule has 0 saturated carbocycles. The molecule has 1 aromatic carbocycles. The molecular weight excluding hydrogens is 535 g/mol. The van der Waals surface area contributed by atoms with Gasteiger partial charge in [-0.25, -0.2) is 4.98 Å². The molecule has 1 saturated heterocycles. The number of amides is 1. The Morgan fingerprint density at radius 2 is 1.82 bits per heavy atom. The van der Waals surface area contributed by atoms with Crippen molar-refractivity contribution in [1.29, 1.82) is 0 Å². The zero-order valence-corrected chi connectivity index (χ0v) is 23.3. The fraction of sp³-hybridized carbons (Fsp3) is 0.357. The first kappa shape index (κ1) is 25.7. The van der Waals surface area contributed by atoms with Crippen molar-refractivity contribution in [2.24, 2.45) is 0 Å². The predicted molar refractivity (Wildman–Crippen MR) is 156 cm³/mol. The summed E-state index contributed by atoms with van der Waals surface area (Å²) in [6.45, 7) is 6.94. The molecule has 202 valence electrons. The summed E-state index contributed by atoms with van der Waals surface area (Å²) in [4.78, 5) is 32.8. The van der Waals surface area contributed by atoms with Gasteiger partial charge < -0.3 is 20.0 Å². The molecule has 5 heterocycles. The first-order valence-corrected chi connectivity index (χ1v) is 14.0. The second kappa shape index (κ2) is 10.9. The van der Waals surface area contributed by atoms with Gasteiger partial charge in [-0.1, -0.05) is 36.2 Å². The summed E-state index contributed by atoms with van der Waals surface area (Å²) < 4.78 is 1.96. The lowest BCUT2D eigenvalue weighted by atomic mass is 10.1. The Bertz CT molecular complexity index is 1490. The molecule has 1 N–H and O–H groups in total. The van der Waals surface area contributed by atoms with Crippen molar-refractivity contribution in [2.45, 2.75) is 19.8 Å². The van der Waals surface area contributed by atoms with E-state index < -0.39 is 0 Å². The number of carbonyl (C=O) groups excluding carboxylic acids is 1. The largest absolute Gasteiger partial charge is 0.371 e. The van der Waals surface area contributed by atoms with Gasteiger partial charge in [-0.05, 0) is 30.5 Å². The van der Waals surface area contributed by atoms with E-state index in [4.69, 9.17) is 28.2 Å². The van der Waals surface area contributed by atoms with E-state index in [0.29, 0.717) is 36.2 Å². The maximum atomic E-state index is 13.2. The van der Waals surface area contributed by atoms with Gasteiger partial charge in [-0.3, -0.25) is 19.2 Å². The van der Waals surface area contributed by atoms with E-state index in [1.165, 1.54) is 11.3 Å². The summed E-state index contributed by atoms with van der Waals surface area (Å²) in [5.74, 6) is 0.818. The Morgan fingerprint density at radius 1 is 1.03 bits per heavy atom. The average molecular weight is 566 g/mol. The number of carbonyl (C=O) groups is 1. The SMILES string of the molecule is CCCN1CCc2cc(-c3nc4cnccn4c3NCC(=O)N3CCN(c4c(Cl)cncc4Cl)CC3)ccc21. The molecule has 1 fully saturated rings. The third-order valence-electron chi connectivity index (χ3n) is 7.45. The van der Waals surface area contributed by atoms with Crippen molar-refractivity contribution in [3.8, 4) is 11.3 Å². The Balaban J connectivity index is 1.18. The molecule has 3 aromatic heterocycles. The van der Waals surface area contributed by atoms with Crippen LogP contribution in [0.1, 0.15) is 18.9 Å². The molecule has 4 aromatic rings. The van der Waals surface area contributed by atoms with Crippen LogP contribution in [0.5, 0.6) is 0 Å². The van der Waals surface area contributed by atoms with Crippen molar-refractivity contribution >= 4 is 51.9 Å². The van der Waals surface area contributed by atoms with Gasteiger partial charge in [0.1, 0.15) is 11.5 Å². The first-order valence-electron chi connectivity index (χ1n) is 13.3. The zero-order valence-electron chi connectivity index (χ0n) is 21.8. The van der Waals surface area contributed by atoms with E-state index in [9.17, 15) is 4.79 Å². The van der Waals surface area contributed by atoms with E-state index in [-0.39, 0.29) is 12.5 Å². The lowest BCUT2D eigenvalue weighted by Gasteiger charge is -2.36. The van der Waals surface area contributed by atoms with Crippen LogP contribution in [0.3, 0.4) is 0 Å². The van der Waals surface area contributed by atoms with Crippen LogP contribution in [0.2, 0.25) is 10.0 Å². The Hall–Kier alpha value is -3.56. The number of anilines is 3. The van der Waals surface area contributed by atoms with Crippen LogP contribution in [0.4, 0.5) is 17.2 Å². The topological polar surface area (TPSA) is 81.9 Å². The van der Waals surface area contributed by atoms with Crippen LogP contribution >= 0.6 is 23.2 Å². The minimum Gasteiger partial charge on any atom is -0.371 e. The van der Waals surface area contributed by atoms with Crippen LogP contribution in [-0.4, -0.2) is 76.0 Å². The molecule has 11 heteroatoms. The summed E-state index contributed by atoms with van der Waals surface area (Å²) >= 11 is 12.7. The second-order valence-corrected chi connectivity index (χ2v) is 10.7. The monoisotopic (exact) mass is 564 g/mol. The molecule has 0 atom stereocenters. The highest BCUT2D eigenvalue weighted by atomic mass is 35.5. The summed E-state index contributed by atoms with van der Waals surface area (Å²) in [5.41, 5.74) is 6.00. The maximum Gasteiger partial charge on any atom is 0.242 e. The number of halogens is 2. The zero-order chi connectivity index (χ0) is 26.9. The number of hydrogen-bond donors (Lipinski definition) is 1. The average Bonchev–Trinajstić information content (AvgIpc) is 3.53. The van der Waals surface area contributed by atoms with Crippen LogP contribution in [0.15, 0.2) is 49.2 Å². The van der Waals surface area contributed by atoms with Gasteiger partial charge in [0, 0.05) is 75.3 Å². The first-order chi connectivity index (χ1) is 19.0. The van der Waals surface area contributed by atoms with Crippen molar-refractivity contribution < 1.29 is 4.79 Å². The van der Waals surface area contributed by atoms with Crippen molar-refractivity contribution in [1.82, 2.24) is 24.3 Å². The van der Waals surface area contributed by atoms with Crippen molar-refractivity contribution in [3.05, 3.63) is 64.8 Å². The number of benzene rings is 1. The highest BCUT2D eigenvalue weighted by Crippen LogP contribution is 2.36. The van der Waals surface area contributed by atoms with Crippen LogP contribution in [-0.2, 0) is 11.2 Å². The molecular formula is C28H30Cl2N8O. The summed E-state index contributed by atoms with van der Waals surface area (Å²) in [7, 11) is 0. The minimum absolute atomic E-state index is 0.0284. The fourth-order valence-corrected chi connectivity index (χ4v) is 6.16. The molecule has 0 spiro atoms. The molecule has 0 unspecified atom stereocenters. The number of rotatable bonds is 7. The Labute approximate surface area is 237 Å². The van der Waals surface area contributed by atoms with Gasteiger partial charge in [0.15, 0.2) is 5.65 Å². The highest BCUT2D eigenvalue weighted by Gasteiger charge is 2.25. The number of nitrogens with zero attached hydrogens (tertiary/aromatic N) is 7. The standard InChI is InChI=1S/C28H30Cl2N8O/c1-2-7-35-8-5-19-14-20(3-4-23(19)35)26-28(38-9-6-31-17-24(38)34-26)33-18-25(39)36-10-12-37(13-11-36)27-21(29)15-32-16-22(27)30/h3-4,6,9,14-17,33H,2,5,7-8,10-13,18H2,1H3. The third kappa shape index (κ3) is 4.96. The quantitative estimate of drug-likeness (QED) is 0.350. The van der Waals surface area contributed by atoms with E-state index >= 15 is 0 Å². The Morgan fingerprint density at radius 3 is 2.59 bits per heavy atom. The number of fused-ring (bicyclic) bond motifs is 2. The van der Waals surface area contributed by atoms with Gasteiger partial charge in [-0.2, -0.15) is 0 Å². The maximum absolute atomic E-state index is 13.2. The molecule has 6 rings (SSSR count). The van der Waals surface area contributed by atoms with Crippen LogP contribution in [0, 0.1) is 0 Å². The van der Waals surface area contributed by atoms with Crippen molar-refractivity contribution in [2.75, 3.05) is 60.9 Å². The molecule has 0 radical (unpaired) electrons. The third-order valence-corrected chi connectivity index (χ3v) is 8.01. The van der Waals surface area contributed by atoms with E-state index in [1.54, 1.807) is 24.8 Å². The number of aromatic nitrogens is 4. The molecule has 2 aliphatic heterocycles. The number of nitrogens with one attached hydrogen (secondary N) is 1. The lowest BCUT2D eigenvalue weighted by Crippen LogP contribution is -2.50. The van der Waals surface area contributed by atoms with Crippen LogP contribution < -0.4 is 15.1 Å². The molecule has 0 bridgehead atoms. The van der Waals surface area contributed by atoms with Gasteiger partial charge in [-0.15, -0.1) is 0 Å². The molecule has 0 aliphatic carbocycles. The Kier molecular flexibility index (Phi) is 7.18. The lowest BCUT2D eigenvalue weighted by molar-refractivity contribution is -0.129. The van der Waals surface area contributed by atoms with Crippen molar-refractivity contribution in [3.63, 3.8) is 0 Å². The van der Waals surface area contributed by atoms with E-state index in [2.05, 4.69) is 50.2 Å². The summed E-state index contributed by atoms with van der Waals surface area (Å²) in [5, 5.41) is 4.43. The van der Waals surface area contributed by atoms with Gasteiger partial charge in [0.05, 0.1) is 28.5 Å².